The molecule has 0 bridgehead atoms. The number of rotatable bonds is 6. The van der Waals surface area contributed by atoms with E-state index in [1.54, 1.807) is 6.92 Å². The molecule has 1 aromatic rings. The molecule has 0 aliphatic carbocycles. The van der Waals surface area contributed by atoms with Crippen molar-refractivity contribution >= 4 is 15.9 Å². The van der Waals surface area contributed by atoms with Gasteiger partial charge in [-0.1, -0.05) is 51.1 Å². The summed E-state index contributed by atoms with van der Waals surface area (Å²) >= 11 is 0. The van der Waals surface area contributed by atoms with Crippen LogP contribution in [0.2, 0.25) is 0 Å². The van der Waals surface area contributed by atoms with E-state index in [4.69, 9.17) is 5.73 Å². The van der Waals surface area contributed by atoms with E-state index >= 15 is 0 Å². The van der Waals surface area contributed by atoms with Gasteiger partial charge in [-0.3, -0.25) is 4.79 Å². The Bertz CT molecular complexity index is 582. The van der Waals surface area contributed by atoms with Gasteiger partial charge in [0.2, 0.25) is 15.9 Å². The number of carbonyl (C=O) groups excluding carboxylic acids is 1. The molecule has 1 unspecified atom stereocenters. The van der Waals surface area contributed by atoms with E-state index in [9.17, 15) is 13.2 Å². The molecular weight excluding hydrogens is 276 g/mol. The van der Waals surface area contributed by atoms with Crippen LogP contribution < -0.4 is 10.5 Å². The summed E-state index contributed by atoms with van der Waals surface area (Å²) in [4.78, 5) is 12.0. The summed E-state index contributed by atoms with van der Waals surface area (Å²) in [6.45, 7) is 5.37. The van der Waals surface area contributed by atoms with Gasteiger partial charge in [-0.05, 0) is 12.0 Å². The van der Waals surface area contributed by atoms with Gasteiger partial charge in [0.25, 0.3) is 0 Å². The molecule has 1 atom stereocenters. The molecule has 1 aromatic carbocycles. The predicted octanol–water partition coefficient (Wildman–Crippen LogP) is 1.15. The van der Waals surface area contributed by atoms with Crippen molar-refractivity contribution in [2.45, 2.75) is 38.1 Å². The minimum atomic E-state index is -3.58. The molecule has 0 saturated heterocycles. The Morgan fingerprint density at radius 2 is 1.75 bits per heavy atom. The van der Waals surface area contributed by atoms with Crippen molar-refractivity contribution in [2.75, 3.05) is 6.26 Å². The maximum atomic E-state index is 12.0. The van der Waals surface area contributed by atoms with Crippen molar-refractivity contribution in [2.24, 2.45) is 5.73 Å². The van der Waals surface area contributed by atoms with Crippen molar-refractivity contribution < 1.29 is 13.2 Å². The van der Waals surface area contributed by atoms with Crippen LogP contribution >= 0.6 is 0 Å². The lowest BCUT2D eigenvalue weighted by Gasteiger charge is -2.44. The lowest BCUT2D eigenvalue weighted by Crippen LogP contribution is -2.66. The highest BCUT2D eigenvalue weighted by molar-refractivity contribution is 7.88. The first-order valence-electron chi connectivity index (χ1n) is 6.41. The van der Waals surface area contributed by atoms with Crippen LogP contribution in [0, 0.1) is 0 Å². The third-order valence-electron chi connectivity index (χ3n) is 3.87. The third kappa shape index (κ3) is 3.02. The maximum absolute atomic E-state index is 12.0. The van der Waals surface area contributed by atoms with Gasteiger partial charge in [-0.15, -0.1) is 0 Å². The number of nitrogens with two attached hydrogens (primary N) is 1. The first-order valence-corrected chi connectivity index (χ1v) is 8.30. The van der Waals surface area contributed by atoms with Gasteiger partial charge < -0.3 is 5.73 Å². The Hall–Kier alpha value is -1.40. The average Bonchev–Trinajstić information content (AvgIpc) is 2.35. The molecule has 0 heterocycles. The quantitative estimate of drug-likeness (QED) is 0.825. The Balaban J connectivity index is 3.48. The van der Waals surface area contributed by atoms with Crippen molar-refractivity contribution in [3.8, 4) is 0 Å². The Kier molecular flexibility index (Phi) is 4.61. The molecule has 0 aliphatic heterocycles. The summed E-state index contributed by atoms with van der Waals surface area (Å²) in [5.41, 5.74) is 4.24. The summed E-state index contributed by atoms with van der Waals surface area (Å²) in [6.07, 6.45) is 1.29. The number of nitrogens with one attached hydrogen (secondary N) is 1. The number of benzene rings is 1. The predicted molar refractivity (Wildman–Crippen MR) is 79.7 cm³/mol. The number of carbonyl (C=O) groups is 1. The van der Waals surface area contributed by atoms with Crippen LogP contribution in [0.25, 0.3) is 0 Å². The normalized spacial score (nSPS) is 15.6. The number of sulfonamides is 1. The van der Waals surface area contributed by atoms with E-state index < -0.39 is 26.9 Å². The van der Waals surface area contributed by atoms with E-state index in [1.807, 2.05) is 44.2 Å². The molecule has 0 aromatic heterocycles. The van der Waals surface area contributed by atoms with E-state index in [0.717, 1.165) is 11.8 Å². The number of amides is 1. The van der Waals surface area contributed by atoms with Gasteiger partial charge in [0.15, 0.2) is 0 Å². The largest absolute Gasteiger partial charge is 0.368 e. The molecule has 0 aliphatic rings. The van der Waals surface area contributed by atoms with Gasteiger partial charge in [0.1, 0.15) is 5.54 Å². The maximum Gasteiger partial charge on any atom is 0.239 e. The summed E-state index contributed by atoms with van der Waals surface area (Å²) in [5, 5.41) is 0. The van der Waals surface area contributed by atoms with Crippen molar-refractivity contribution in [1.29, 1.82) is 0 Å². The summed E-state index contributed by atoms with van der Waals surface area (Å²) in [7, 11) is -3.58. The van der Waals surface area contributed by atoms with Crippen molar-refractivity contribution in [3.63, 3.8) is 0 Å². The van der Waals surface area contributed by atoms with Gasteiger partial charge >= 0.3 is 0 Å². The Labute approximate surface area is 120 Å². The standard InChI is InChI=1S/C14H22N2O3S/c1-5-14(12(15)17,16-20(4,18)19)13(2,3)11-9-7-6-8-10-11/h6-10,16H,5H2,1-4H3,(H2,15,17). The minimum absolute atomic E-state index is 0.261. The molecule has 20 heavy (non-hydrogen) atoms. The van der Waals surface area contributed by atoms with Crippen LogP contribution in [0.15, 0.2) is 30.3 Å². The summed E-state index contributed by atoms with van der Waals surface area (Å²) < 4.78 is 25.8. The van der Waals surface area contributed by atoms with Crippen LogP contribution in [0.1, 0.15) is 32.8 Å². The van der Waals surface area contributed by atoms with Crippen LogP contribution in [0.4, 0.5) is 0 Å². The number of primary amides is 1. The molecule has 6 heteroatoms. The molecule has 0 fully saturated rings. The van der Waals surface area contributed by atoms with E-state index in [-0.39, 0.29) is 6.42 Å². The lowest BCUT2D eigenvalue weighted by atomic mass is 9.66. The van der Waals surface area contributed by atoms with Gasteiger partial charge in [0, 0.05) is 5.41 Å². The van der Waals surface area contributed by atoms with Crippen LogP contribution in [-0.4, -0.2) is 26.1 Å². The molecule has 112 valence electrons. The van der Waals surface area contributed by atoms with E-state index in [1.165, 1.54) is 0 Å². The van der Waals surface area contributed by atoms with Gasteiger partial charge in [0.05, 0.1) is 6.26 Å². The van der Waals surface area contributed by atoms with Crippen LogP contribution in [0.5, 0.6) is 0 Å². The lowest BCUT2D eigenvalue weighted by molar-refractivity contribution is -0.126. The van der Waals surface area contributed by atoms with Crippen molar-refractivity contribution in [3.05, 3.63) is 35.9 Å². The van der Waals surface area contributed by atoms with Crippen LogP contribution in [0.3, 0.4) is 0 Å². The minimum Gasteiger partial charge on any atom is -0.368 e. The smallest absolute Gasteiger partial charge is 0.239 e. The third-order valence-corrected chi connectivity index (χ3v) is 4.59. The zero-order chi connectivity index (χ0) is 15.6. The molecule has 5 nitrogen and oxygen atoms in total. The topological polar surface area (TPSA) is 89.3 Å². The number of hydrogen-bond donors (Lipinski definition) is 2. The second-order valence-electron chi connectivity index (χ2n) is 5.49. The zero-order valence-corrected chi connectivity index (χ0v) is 13.1. The summed E-state index contributed by atoms with van der Waals surface area (Å²) in [5.74, 6) is -0.681. The molecule has 0 spiro atoms. The molecule has 3 N–H and O–H groups in total. The second kappa shape index (κ2) is 5.54. The van der Waals surface area contributed by atoms with Crippen molar-refractivity contribution in [1.82, 2.24) is 4.72 Å². The zero-order valence-electron chi connectivity index (χ0n) is 12.3. The monoisotopic (exact) mass is 298 g/mol. The highest BCUT2D eigenvalue weighted by Crippen LogP contribution is 2.37. The molecule has 0 saturated carbocycles. The summed E-state index contributed by atoms with van der Waals surface area (Å²) in [6, 6.07) is 9.27. The van der Waals surface area contributed by atoms with Crippen LogP contribution in [-0.2, 0) is 20.2 Å². The Morgan fingerprint density at radius 3 is 2.10 bits per heavy atom. The SMILES string of the molecule is CCC(NS(C)(=O)=O)(C(N)=O)C(C)(C)c1ccccc1. The molecule has 1 rings (SSSR count). The van der Waals surface area contributed by atoms with E-state index in [0.29, 0.717) is 0 Å². The van der Waals surface area contributed by atoms with Gasteiger partial charge in [-0.2, -0.15) is 4.72 Å². The molecular formula is C14H22N2O3S. The first-order chi connectivity index (χ1) is 9.07. The Morgan fingerprint density at radius 1 is 1.25 bits per heavy atom. The fraction of sp³-hybridized carbons (Fsp3) is 0.500. The molecule has 0 radical (unpaired) electrons. The highest BCUT2D eigenvalue weighted by atomic mass is 32.2. The molecule has 1 amide bonds. The second-order valence-corrected chi connectivity index (χ2v) is 7.24. The number of hydrogen-bond acceptors (Lipinski definition) is 3. The fourth-order valence-corrected chi connectivity index (χ4v) is 3.72. The average molecular weight is 298 g/mol. The highest BCUT2D eigenvalue weighted by Gasteiger charge is 2.51. The van der Waals surface area contributed by atoms with Gasteiger partial charge in [-0.25, -0.2) is 8.42 Å². The first kappa shape index (κ1) is 16.7. The fourth-order valence-electron chi connectivity index (χ4n) is 2.59. The van der Waals surface area contributed by atoms with E-state index in [2.05, 4.69) is 4.72 Å².